The van der Waals surface area contributed by atoms with E-state index in [2.05, 4.69) is 22.2 Å². The number of halogens is 3. The van der Waals surface area contributed by atoms with Gasteiger partial charge in [0.1, 0.15) is 5.60 Å². The van der Waals surface area contributed by atoms with Crippen LogP contribution in [0.1, 0.15) is 56.8 Å². The van der Waals surface area contributed by atoms with Crippen molar-refractivity contribution in [2.45, 2.75) is 64.3 Å². The number of esters is 1. The van der Waals surface area contributed by atoms with Crippen LogP contribution < -0.4 is 10.2 Å². The summed E-state index contributed by atoms with van der Waals surface area (Å²) in [5.74, 6) is -1.66. The Balaban J connectivity index is 1.79. The molecule has 174 valence electrons. The molecule has 0 spiro atoms. The fourth-order valence-electron chi connectivity index (χ4n) is 4.21. The number of anilines is 2. The van der Waals surface area contributed by atoms with Gasteiger partial charge in [-0.2, -0.15) is 13.2 Å². The molecule has 1 heterocycles. The first kappa shape index (κ1) is 23.7. The summed E-state index contributed by atoms with van der Waals surface area (Å²) in [7, 11) is 2.09. The van der Waals surface area contributed by atoms with Crippen molar-refractivity contribution in [3.8, 4) is 0 Å². The smallest absolute Gasteiger partial charge is 0.391 e. The van der Waals surface area contributed by atoms with E-state index in [-0.39, 0.29) is 18.9 Å². The van der Waals surface area contributed by atoms with Gasteiger partial charge in [0.25, 0.3) is 0 Å². The van der Waals surface area contributed by atoms with Crippen LogP contribution in [0.15, 0.2) is 18.2 Å². The SMILES string of the molecule is CN1CCN(c2ccc(C(=O)OC(C)(C)C)c(N[C@H]3CC[C@@H](C(F)(F)F)CC3)c2)CC1. The highest BCUT2D eigenvalue weighted by molar-refractivity contribution is 5.96. The molecule has 5 nitrogen and oxygen atoms in total. The number of likely N-dealkylation sites (N-methyl/N-ethyl adjacent to an activating group) is 1. The number of benzene rings is 1. The average Bonchev–Trinajstić information content (AvgIpc) is 2.67. The van der Waals surface area contributed by atoms with E-state index in [4.69, 9.17) is 4.74 Å². The molecule has 31 heavy (non-hydrogen) atoms. The number of piperazine rings is 1. The molecule has 1 saturated heterocycles. The third kappa shape index (κ3) is 6.51. The zero-order valence-corrected chi connectivity index (χ0v) is 18.9. The van der Waals surface area contributed by atoms with E-state index in [0.29, 0.717) is 24.1 Å². The number of hydrogen-bond donors (Lipinski definition) is 1. The Bertz CT molecular complexity index is 760. The van der Waals surface area contributed by atoms with Crippen LogP contribution in [0.4, 0.5) is 24.5 Å². The summed E-state index contributed by atoms with van der Waals surface area (Å²) in [6.45, 7) is 9.13. The van der Waals surface area contributed by atoms with E-state index < -0.39 is 23.7 Å². The first-order valence-electron chi connectivity index (χ1n) is 11.1. The Labute approximate surface area is 182 Å². The summed E-state index contributed by atoms with van der Waals surface area (Å²) in [6, 6.07) is 5.55. The highest BCUT2D eigenvalue weighted by Gasteiger charge is 2.41. The lowest BCUT2D eigenvalue weighted by Gasteiger charge is -2.35. The number of nitrogens with one attached hydrogen (secondary N) is 1. The summed E-state index contributed by atoms with van der Waals surface area (Å²) in [5, 5.41) is 3.37. The number of hydrogen-bond acceptors (Lipinski definition) is 5. The minimum atomic E-state index is -4.13. The number of rotatable bonds is 4. The van der Waals surface area contributed by atoms with Crippen LogP contribution in [0.2, 0.25) is 0 Å². The summed E-state index contributed by atoms with van der Waals surface area (Å²) in [5.41, 5.74) is 1.44. The molecule has 0 radical (unpaired) electrons. The molecule has 1 N–H and O–H groups in total. The van der Waals surface area contributed by atoms with Gasteiger partial charge in [-0.15, -0.1) is 0 Å². The highest BCUT2D eigenvalue weighted by Crippen LogP contribution is 2.39. The van der Waals surface area contributed by atoms with Gasteiger partial charge in [0.05, 0.1) is 17.2 Å². The van der Waals surface area contributed by atoms with Gasteiger partial charge in [0.2, 0.25) is 0 Å². The maximum absolute atomic E-state index is 13.0. The van der Waals surface area contributed by atoms with Crippen molar-refractivity contribution >= 4 is 17.3 Å². The second-order valence-corrected chi connectivity index (χ2v) is 9.76. The second-order valence-electron chi connectivity index (χ2n) is 9.76. The minimum Gasteiger partial charge on any atom is -0.456 e. The molecule has 1 aromatic carbocycles. The molecular weight excluding hydrogens is 407 g/mol. The van der Waals surface area contributed by atoms with Gasteiger partial charge in [0, 0.05) is 37.9 Å². The van der Waals surface area contributed by atoms with Crippen LogP contribution in [0.5, 0.6) is 0 Å². The van der Waals surface area contributed by atoms with Crippen molar-refractivity contribution in [2.24, 2.45) is 5.92 Å². The molecule has 8 heteroatoms. The fourth-order valence-corrected chi connectivity index (χ4v) is 4.21. The van der Waals surface area contributed by atoms with Gasteiger partial charge in [-0.05, 0) is 71.7 Å². The summed E-state index contributed by atoms with van der Waals surface area (Å²) < 4.78 is 44.6. The minimum absolute atomic E-state index is 0.0949. The number of carbonyl (C=O) groups is 1. The maximum atomic E-state index is 13.0. The molecule has 0 unspecified atom stereocenters. The Hall–Kier alpha value is -1.96. The second kappa shape index (κ2) is 9.27. The molecule has 0 aromatic heterocycles. The predicted molar refractivity (Wildman–Crippen MR) is 117 cm³/mol. The predicted octanol–water partition coefficient (Wildman–Crippen LogP) is 4.93. The standard InChI is InChI=1S/C23H34F3N3O2/c1-22(2,3)31-21(30)19-10-9-18(29-13-11-28(4)12-14-29)15-20(19)27-17-7-5-16(6-8-17)23(24,25)26/h9-10,15-17,27H,5-8,11-14H2,1-4H3/t16-,17+. The van der Waals surface area contributed by atoms with Crippen LogP contribution >= 0.6 is 0 Å². The topological polar surface area (TPSA) is 44.8 Å². The van der Waals surface area contributed by atoms with E-state index in [0.717, 1.165) is 31.9 Å². The molecule has 1 aliphatic carbocycles. The molecule has 1 saturated carbocycles. The molecule has 1 aliphatic heterocycles. The van der Waals surface area contributed by atoms with Crippen molar-refractivity contribution in [1.29, 1.82) is 0 Å². The third-order valence-corrected chi connectivity index (χ3v) is 6.04. The first-order valence-corrected chi connectivity index (χ1v) is 11.1. The van der Waals surface area contributed by atoms with Gasteiger partial charge in [-0.1, -0.05) is 0 Å². The largest absolute Gasteiger partial charge is 0.456 e. The zero-order valence-electron chi connectivity index (χ0n) is 18.9. The van der Waals surface area contributed by atoms with Gasteiger partial charge in [0.15, 0.2) is 0 Å². The monoisotopic (exact) mass is 441 g/mol. The van der Waals surface area contributed by atoms with Crippen LogP contribution in [-0.2, 0) is 4.74 Å². The molecule has 2 aliphatic rings. The summed E-state index contributed by atoms with van der Waals surface area (Å²) >= 11 is 0. The number of ether oxygens (including phenoxy) is 1. The molecule has 0 atom stereocenters. The van der Waals surface area contributed by atoms with E-state index >= 15 is 0 Å². The molecule has 2 fully saturated rings. The molecular formula is C23H34F3N3O2. The van der Waals surface area contributed by atoms with Crippen LogP contribution in [-0.4, -0.2) is 61.9 Å². The Morgan fingerprint density at radius 3 is 2.19 bits per heavy atom. The normalized spacial score (nSPS) is 23.5. The summed E-state index contributed by atoms with van der Waals surface area (Å²) in [4.78, 5) is 17.3. The number of alkyl halides is 3. The van der Waals surface area contributed by atoms with E-state index in [9.17, 15) is 18.0 Å². The zero-order chi connectivity index (χ0) is 22.8. The lowest BCUT2D eigenvalue weighted by Crippen LogP contribution is -2.44. The lowest BCUT2D eigenvalue weighted by atomic mass is 9.85. The van der Waals surface area contributed by atoms with Crippen molar-refractivity contribution in [3.63, 3.8) is 0 Å². The molecule has 1 aromatic rings. The van der Waals surface area contributed by atoms with Crippen LogP contribution in [0.25, 0.3) is 0 Å². The molecule has 3 rings (SSSR count). The Morgan fingerprint density at radius 2 is 1.65 bits per heavy atom. The molecule has 0 amide bonds. The van der Waals surface area contributed by atoms with Crippen molar-refractivity contribution in [3.05, 3.63) is 23.8 Å². The maximum Gasteiger partial charge on any atom is 0.391 e. The van der Waals surface area contributed by atoms with Gasteiger partial charge >= 0.3 is 12.1 Å². The van der Waals surface area contributed by atoms with Gasteiger partial charge < -0.3 is 19.9 Å². The Morgan fingerprint density at radius 1 is 1.03 bits per heavy atom. The van der Waals surface area contributed by atoms with Gasteiger partial charge in [-0.25, -0.2) is 4.79 Å². The summed E-state index contributed by atoms with van der Waals surface area (Å²) in [6.07, 6.45) is -3.05. The fraction of sp³-hybridized carbons (Fsp3) is 0.696. The number of carbonyl (C=O) groups excluding carboxylic acids is 1. The lowest BCUT2D eigenvalue weighted by molar-refractivity contribution is -0.182. The Kier molecular flexibility index (Phi) is 7.08. The molecule has 0 bridgehead atoms. The highest BCUT2D eigenvalue weighted by atomic mass is 19.4. The van der Waals surface area contributed by atoms with E-state index in [1.807, 2.05) is 32.9 Å². The van der Waals surface area contributed by atoms with E-state index in [1.54, 1.807) is 6.07 Å². The average molecular weight is 442 g/mol. The van der Waals surface area contributed by atoms with E-state index in [1.165, 1.54) is 0 Å². The quantitative estimate of drug-likeness (QED) is 0.672. The van der Waals surface area contributed by atoms with Crippen molar-refractivity contribution in [2.75, 3.05) is 43.4 Å². The van der Waals surface area contributed by atoms with Crippen molar-refractivity contribution < 1.29 is 22.7 Å². The van der Waals surface area contributed by atoms with Crippen LogP contribution in [0, 0.1) is 5.92 Å². The van der Waals surface area contributed by atoms with Crippen LogP contribution in [0.3, 0.4) is 0 Å². The first-order chi connectivity index (χ1) is 14.4. The van der Waals surface area contributed by atoms with Gasteiger partial charge in [-0.3, -0.25) is 0 Å². The number of nitrogens with zero attached hydrogens (tertiary/aromatic N) is 2. The third-order valence-electron chi connectivity index (χ3n) is 6.04. The van der Waals surface area contributed by atoms with Crippen molar-refractivity contribution in [1.82, 2.24) is 4.90 Å².